The van der Waals surface area contributed by atoms with Crippen molar-refractivity contribution < 1.29 is 0 Å². The Labute approximate surface area is 118 Å². The molecule has 2 aromatic rings. The first-order valence-electron chi connectivity index (χ1n) is 6.80. The first kappa shape index (κ1) is 12.7. The molecule has 19 heavy (non-hydrogen) atoms. The first-order valence-corrected chi connectivity index (χ1v) is 7.18. The van der Waals surface area contributed by atoms with Gasteiger partial charge in [-0.3, -0.25) is 0 Å². The van der Waals surface area contributed by atoms with Crippen molar-refractivity contribution in [1.29, 1.82) is 0 Å². The van der Waals surface area contributed by atoms with Crippen LogP contribution in [0.3, 0.4) is 0 Å². The minimum absolute atomic E-state index is 0.339. The van der Waals surface area contributed by atoms with Crippen LogP contribution in [0.15, 0.2) is 18.2 Å². The number of nitrogens with zero attached hydrogens (tertiary/aromatic N) is 1. The van der Waals surface area contributed by atoms with E-state index < -0.39 is 0 Å². The number of aromatic amines is 1. The van der Waals surface area contributed by atoms with Crippen LogP contribution < -0.4 is 5.73 Å². The number of hydrogen-bond acceptors (Lipinski definition) is 2. The molecule has 100 valence electrons. The van der Waals surface area contributed by atoms with Gasteiger partial charge in [-0.1, -0.05) is 31.0 Å². The number of rotatable bonds is 4. The maximum Gasteiger partial charge on any atom is 0.111 e. The number of fused-ring (bicyclic) bond motifs is 3. The van der Waals surface area contributed by atoms with Crippen LogP contribution in [0.2, 0.25) is 5.02 Å². The van der Waals surface area contributed by atoms with E-state index in [1.807, 2.05) is 12.1 Å². The molecule has 3 N–H and O–H groups in total. The maximum absolute atomic E-state index is 6.03. The molecule has 0 amide bonds. The fourth-order valence-electron chi connectivity index (χ4n) is 2.82. The standard InChI is InChI=1S/C15H18ClN3/c1-2-3-9(8-17)15-18-13-7-10-6-11(16)4-5-12(10)14(13)19-15/h4-6,9H,2-3,7-8,17H2,1H3,(H,18,19). The van der Waals surface area contributed by atoms with Crippen molar-refractivity contribution in [2.75, 3.05) is 6.54 Å². The van der Waals surface area contributed by atoms with Gasteiger partial charge in [0.2, 0.25) is 0 Å². The predicted molar refractivity (Wildman–Crippen MR) is 78.5 cm³/mol. The molecule has 4 heteroatoms. The van der Waals surface area contributed by atoms with Crippen LogP contribution in [0.1, 0.15) is 42.8 Å². The van der Waals surface area contributed by atoms with Crippen molar-refractivity contribution in [3.05, 3.63) is 40.3 Å². The van der Waals surface area contributed by atoms with Crippen molar-refractivity contribution in [2.45, 2.75) is 32.1 Å². The van der Waals surface area contributed by atoms with Crippen LogP contribution in [0.25, 0.3) is 11.3 Å². The number of H-pyrrole nitrogens is 1. The molecule has 0 saturated heterocycles. The summed E-state index contributed by atoms with van der Waals surface area (Å²) in [5.41, 5.74) is 10.6. The summed E-state index contributed by atoms with van der Waals surface area (Å²) < 4.78 is 0. The molecule has 0 spiro atoms. The van der Waals surface area contributed by atoms with Gasteiger partial charge in [0.15, 0.2) is 0 Å². The lowest BCUT2D eigenvalue weighted by Crippen LogP contribution is -2.14. The molecule has 1 aromatic carbocycles. The largest absolute Gasteiger partial charge is 0.345 e. The molecule has 1 aromatic heterocycles. The monoisotopic (exact) mass is 275 g/mol. The molecule has 0 saturated carbocycles. The van der Waals surface area contributed by atoms with Crippen LogP contribution >= 0.6 is 11.6 Å². The van der Waals surface area contributed by atoms with Crippen LogP contribution in [0.5, 0.6) is 0 Å². The molecule has 3 rings (SSSR count). The van der Waals surface area contributed by atoms with Crippen LogP contribution in [0.4, 0.5) is 0 Å². The minimum atomic E-state index is 0.339. The summed E-state index contributed by atoms with van der Waals surface area (Å²) in [7, 11) is 0. The zero-order valence-electron chi connectivity index (χ0n) is 11.0. The highest BCUT2D eigenvalue weighted by Crippen LogP contribution is 2.37. The SMILES string of the molecule is CCCC(CN)c1nc2c([nH]1)Cc1cc(Cl)ccc1-2. The Morgan fingerprint density at radius 3 is 3.05 bits per heavy atom. The summed E-state index contributed by atoms with van der Waals surface area (Å²) in [5, 5.41) is 0.787. The number of aromatic nitrogens is 2. The Kier molecular flexibility index (Phi) is 3.33. The third kappa shape index (κ3) is 2.17. The quantitative estimate of drug-likeness (QED) is 0.766. The topological polar surface area (TPSA) is 54.7 Å². The molecular formula is C15H18ClN3. The Bertz CT molecular complexity index is 603. The second kappa shape index (κ2) is 4.99. The number of benzene rings is 1. The van der Waals surface area contributed by atoms with Crippen molar-refractivity contribution in [1.82, 2.24) is 9.97 Å². The van der Waals surface area contributed by atoms with Gasteiger partial charge in [0.25, 0.3) is 0 Å². The van der Waals surface area contributed by atoms with E-state index in [1.54, 1.807) is 0 Å². The van der Waals surface area contributed by atoms with E-state index in [0.29, 0.717) is 12.5 Å². The van der Waals surface area contributed by atoms with E-state index in [2.05, 4.69) is 18.0 Å². The van der Waals surface area contributed by atoms with Crippen molar-refractivity contribution in [2.24, 2.45) is 5.73 Å². The molecule has 1 aliphatic carbocycles. The van der Waals surface area contributed by atoms with E-state index in [0.717, 1.165) is 35.8 Å². The van der Waals surface area contributed by atoms with E-state index in [1.165, 1.54) is 16.8 Å². The van der Waals surface area contributed by atoms with Gasteiger partial charge in [-0.25, -0.2) is 4.98 Å². The van der Waals surface area contributed by atoms with Gasteiger partial charge in [0.05, 0.1) is 5.69 Å². The van der Waals surface area contributed by atoms with E-state index >= 15 is 0 Å². The fourth-order valence-corrected chi connectivity index (χ4v) is 3.01. The normalized spacial score (nSPS) is 14.3. The van der Waals surface area contributed by atoms with Gasteiger partial charge in [-0.05, 0) is 24.1 Å². The van der Waals surface area contributed by atoms with Crippen LogP contribution in [-0.2, 0) is 6.42 Å². The van der Waals surface area contributed by atoms with E-state index in [9.17, 15) is 0 Å². The smallest absolute Gasteiger partial charge is 0.111 e. The highest BCUT2D eigenvalue weighted by molar-refractivity contribution is 6.30. The molecule has 0 fully saturated rings. The zero-order valence-corrected chi connectivity index (χ0v) is 11.8. The highest BCUT2D eigenvalue weighted by atomic mass is 35.5. The second-order valence-electron chi connectivity index (χ2n) is 5.15. The first-order chi connectivity index (χ1) is 9.22. The average molecular weight is 276 g/mol. The zero-order chi connectivity index (χ0) is 13.4. The predicted octanol–water partition coefficient (Wildman–Crippen LogP) is 3.48. The van der Waals surface area contributed by atoms with Crippen LogP contribution in [0, 0.1) is 0 Å². The molecule has 1 atom stereocenters. The maximum atomic E-state index is 6.03. The van der Waals surface area contributed by atoms with Gasteiger partial charge in [-0.15, -0.1) is 0 Å². The average Bonchev–Trinajstić information content (AvgIpc) is 2.92. The number of imidazole rings is 1. The second-order valence-corrected chi connectivity index (χ2v) is 5.59. The Hall–Kier alpha value is -1.32. The third-order valence-electron chi connectivity index (χ3n) is 3.80. The molecule has 0 bridgehead atoms. The number of nitrogens with two attached hydrogens (primary N) is 1. The summed E-state index contributed by atoms with van der Waals surface area (Å²) >= 11 is 6.03. The Morgan fingerprint density at radius 2 is 2.32 bits per heavy atom. The van der Waals surface area contributed by atoms with E-state index in [4.69, 9.17) is 22.3 Å². The Morgan fingerprint density at radius 1 is 1.47 bits per heavy atom. The van der Waals surface area contributed by atoms with Gasteiger partial charge in [0.1, 0.15) is 5.82 Å². The molecule has 3 nitrogen and oxygen atoms in total. The van der Waals surface area contributed by atoms with E-state index in [-0.39, 0.29) is 0 Å². The number of nitrogens with one attached hydrogen (secondary N) is 1. The number of hydrogen-bond donors (Lipinski definition) is 2. The third-order valence-corrected chi connectivity index (χ3v) is 4.03. The fraction of sp³-hybridized carbons (Fsp3) is 0.400. The van der Waals surface area contributed by atoms with Crippen molar-refractivity contribution in [3.8, 4) is 11.3 Å². The summed E-state index contributed by atoms with van der Waals surface area (Å²) in [6.07, 6.45) is 3.09. The van der Waals surface area contributed by atoms with Crippen molar-refractivity contribution >= 4 is 11.6 Å². The summed E-state index contributed by atoms with van der Waals surface area (Å²) in [6.45, 7) is 2.82. The Balaban J connectivity index is 1.97. The lowest BCUT2D eigenvalue weighted by molar-refractivity contribution is 0.594. The molecule has 1 unspecified atom stereocenters. The minimum Gasteiger partial charge on any atom is -0.345 e. The molecular weight excluding hydrogens is 258 g/mol. The molecule has 1 aliphatic rings. The van der Waals surface area contributed by atoms with Gasteiger partial charge in [-0.2, -0.15) is 0 Å². The summed E-state index contributed by atoms with van der Waals surface area (Å²) in [6, 6.07) is 6.01. The lowest BCUT2D eigenvalue weighted by atomic mass is 10.0. The molecule has 0 radical (unpaired) electrons. The van der Waals surface area contributed by atoms with Gasteiger partial charge in [0, 0.05) is 35.2 Å². The van der Waals surface area contributed by atoms with Gasteiger partial charge < -0.3 is 10.7 Å². The molecule has 1 heterocycles. The molecule has 0 aliphatic heterocycles. The van der Waals surface area contributed by atoms with Crippen molar-refractivity contribution in [3.63, 3.8) is 0 Å². The van der Waals surface area contributed by atoms with Crippen LogP contribution in [-0.4, -0.2) is 16.5 Å². The number of halogens is 1. The summed E-state index contributed by atoms with van der Waals surface area (Å²) in [5.74, 6) is 1.38. The highest BCUT2D eigenvalue weighted by Gasteiger charge is 2.25. The summed E-state index contributed by atoms with van der Waals surface area (Å²) in [4.78, 5) is 8.23. The van der Waals surface area contributed by atoms with Gasteiger partial charge >= 0.3 is 0 Å². The lowest BCUT2D eigenvalue weighted by Gasteiger charge is -2.10.